The fourth-order valence-corrected chi connectivity index (χ4v) is 4.21. The molecule has 0 spiro atoms. The summed E-state index contributed by atoms with van der Waals surface area (Å²) in [5, 5.41) is 9.45. The van der Waals surface area contributed by atoms with Gasteiger partial charge in [0, 0.05) is 49.1 Å². The maximum absolute atomic E-state index is 13.5. The van der Waals surface area contributed by atoms with Gasteiger partial charge in [0.15, 0.2) is 5.82 Å². The van der Waals surface area contributed by atoms with Crippen LogP contribution in [-0.2, 0) is 14.4 Å². The van der Waals surface area contributed by atoms with Crippen molar-refractivity contribution in [2.45, 2.75) is 57.5 Å². The third-order valence-electron chi connectivity index (χ3n) is 5.86. The Hall–Kier alpha value is -4.08. The van der Waals surface area contributed by atoms with Gasteiger partial charge in [0.05, 0.1) is 11.9 Å². The summed E-state index contributed by atoms with van der Waals surface area (Å²) in [6.45, 7) is 1.72. The molecular formula is C25H28N6O4. The van der Waals surface area contributed by atoms with E-state index in [9.17, 15) is 14.4 Å². The Balaban J connectivity index is 1.57. The molecule has 1 aliphatic carbocycles. The number of rotatable bonds is 9. The number of carbonyl (C=O) groups is 3. The van der Waals surface area contributed by atoms with Crippen LogP contribution < -0.4 is 15.5 Å². The average molecular weight is 477 g/mol. The second-order valence-electron chi connectivity index (χ2n) is 8.52. The van der Waals surface area contributed by atoms with Crippen molar-refractivity contribution in [3.05, 3.63) is 66.4 Å². The highest BCUT2D eigenvalue weighted by molar-refractivity contribution is 6.03. The van der Waals surface area contributed by atoms with Crippen molar-refractivity contribution < 1.29 is 18.9 Å². The number of nitrogens with one attached hydrogen (secondary N) is 2. The summed E-state index contributed by atoms with van der Waals surface area (Å²) < 4.78 is 4.95. The van der Waals surface area contributed by atoms with Gasteiger partial charge in [-0.3, -0.25) is 29.3 Å². The molecule has 0 saturated heterocycles. The lowest BCUT2D eigenvalue weighted by Gasteiger charge is -2.32. The average Bonchev–Trinajstić information content (AvgIpc) is 3.53. The molecule has 1 saturated carbocycles. The van der Waals surface area contributed by atoms with E-state index in [2.05, 4.69) is 25.8 Å². The van der Waals surface area contributed by atoms with E-state index in [0.29, 0.717) is 17.0 Å². The van der Waals surface area contributed by atoms with Crippen molar-refractivity contribution in [2.75, 3.05) is 10.2 Å². The third kappa shape index (κ3) is 6.28. The minimum atomic E-state index is -0.956. The van der Waals surface area contributed by atoms with E-state index in [1.807, 2.05) is 0 Å². The van der Waals surface area contributed by atoms with Gasteiger partial charge in [-0.2, -0.15) is 0 Å². The van der Waals surface area contributed by atoms with Crippen LogP contribution in [0.5, 0.6) is 0 Å². The molecule has 0 radical (unpaired) electrons. The maximum Gasteiger partial charge on any atom is 0.248 e. The summed E-state index contributed by atoms with van der Waals surface area (Å²) in [4.78, 5) is 49.2. The number of pyridine rings is 2. The summed E-state index contributed by atoms with van der Waals surface area (Å²) in [6.07, 6.45) is 10.1. The number of amides is 3. The van der Waals surface area contributed by atoms with Crippen LogP contribution in [0, 0.1) is 6.92 Å². The Morgan fingerprint density at radius 1 is 1.09 bits per heavy atom. The SMILES string of the molecule is Cc1cc(NC(=O)CCC(=O)N(c2cccnc2)C(C(=O)NC2CCCC2)c2cccnc2)no1. The number of nitrogens with zero attached hydrogens (tertiary/aromatic N) is 4. The second kappa shape index (κ2) is 11.4. The number of carbonyl (C=O) groups excluding carboxylic acids is 3. The molecule has 0 aliphatic heterocycles. The predicted octanol–water partition coefficient (Wildman–Crippen LogP) is 3.33. The van der Waals surface area contributed by atoms with Crippen molar-refractivity contribution in [3.63, 3.8) is 0 Å². The van der Waals surface area contributed by atoms with E-state index >= 15 is 0 Å². The third-order valence-corrected chi connectivity index (χ3v) is 5.86. The zero-order chi connectivity index (χ0) is 24.6. The van der Waals surface area contributed by atoms with Crippen LogP contribution in [0.25, 0.3) is 0 Å². The lowest BCUT2D eigenvalue weighted by molar-refractivity contribution is -0.127. The Labute approximate surface area is 203 Å². The molecule has 1 unspecified atom stereocenters. The van der Waals surface area contributed by atoms with Crippen molar-refractivity contribution in [1.29, 1.82) is 0 Å². The highest BCUT2D eigenvalue weighted by Gasteiger charge is 2.34. The Bertz CT molecular complexity index is 1150. The van der Waals surface area contributed by atoms with Crippen LogP contribution in [0.4, 0.5) is 11.5 Å². The largest absolute Gasteiger partial charge is 0.360 e. The molecule has 2 N–H and O–H groups in total. The van der Waals surface area contributed by atoms with Crippen LogP contribution in [0.15, 0.2) is 59.6 Å². The molecule has 0 bridgehead atoms. The van der Waals surface area contributed by atoms with Gasteiger partial charge >= 0.3 is 0 Å². The molecule has 182 valence electrons. The van der Waals surface area contributed by atoms with Gasteiger partial charge in [0.2, 0.25) is 17.7 Å². The second-order valence-corrected chi connectivity index (χ2v) is 8.52. The molecule has 1 aliphatic rings. The van der Waals surface area contributed by atoms with E-state index in [1.54, 1.807) is 55.8 Å². The van der Waals surface area contributed by atoms with Crippen LogP contribution in [0.1, 0.15) is 55.9 Å². The highest BCUT2D eigenvalue weighted by Crippen LogP contribution is 2.29. The first-order valence-corrected chi connectivity index (χ1v) is 11.7. The van der Waals surface area contributed by atoms with Gasteiger partial charge in [-0.05, 0) is 38.0 Å². The van der Waals surface area contributed by atoms with Gasteiger partial charge in [0.25, 0.3) is 0 Å². The van der Waals surface area contributed by atoms with Crippen molar-refractivity contribution >= 4 is 29.2 Å². The lowest BCUT2D eigenvalue weighted by atomic mass is 10.0. The van der Waals surface area contributed by atoms with E-state index in [-0.39, 0.29) is 42.4 Å². The van der Waals surface area contributed by atoms with E-state index < -0.39 is 6.04 Å². The van der Waals surface area contributed by atoms with Gasteiger partial charge in [0.1, 0.15) is 11.8 Å². The van der Waals surface area contributed by atoms with Crippen LogP contribution >= 0.6 is 0 Å². The molecule has 3 aromatic heterocycles. The first-order chi connectivity index (χ1) is 17.0. The van der Waals surface area contributed by atoms with E-state index in [4.69, 9.17) is 4.52 Å². The zero-order valence-corrected chi connectivity index (χ0v) is 19.5. The smallest absolute Gasteiger partial charge is 0.248 e. The molecule has 35 heavy (non-hydrogen) atoms. The number of aromatic nitrogens is 3. The quantitative estimate of drug-likeness (QED) is 0.484. The van der Waals surface area contributed by atoms with Crippen molar-refractivity contribution in [3.8, 4) is 0 Å². The number of aryl methyl sites for hydroxylation is 1. The minimum Gasteiger partial charge on any atom is -0.360 e. The molecular weight excluding hydrogens is 448 g/mol. The first-order valence-electron chi connectivity index (χ1n) is 11.7. The Morgan fingerprint density at radius 3 is 2.46 bits per heavy atom. The fourth-order valence-electron chi connectivity index (χ4n) is 4.21. The van der Waals surface area contributed by atoms with E-state index in [0.717, 1.165) is 25.7 Å². The van der Waals surface area contributed by atoms with Crippen molar-refractivity contribution in [2.24, 2.45) is 0 Å². The van der Waals surface area contributed by atoms with E-state index in [1.165, 1.54) is 11.1 Å². The van der Waals surface area contributed by atoms with Gasteiger partial charge in [-0.1, -0.05) is 24.1 Å². The summed E-state index contributed by atoms with van der Waals surface area (Å²) in [5.41, 5.74) is 1.03. The molecule has 3 aromatic rings. The van der Waals surface area contributed by atoms with Gasteiger partial charge < -0.3 is 15.2 Å². The molecule has 3 amide bonds. The van der Waals surface area contributed by atoms with Crippen LogP contribution in [0.2, 0.25) is 0 Å². The zero-order valence-electron chi connectivity index (χ0n) is 19.5. The fraction of sp³-hybridized carbons (Fsp3) is 0.360. The molecule has 4 rings (SSSR count). The van der Waals surface area contributed by atoms with Gasteiger partial charge in [-0.15, -0.1) is 0 Å². The van der Waals surface area contributed by atoms with Crippen molar-refractivity contribution in [1.82, 2.24) is 20.4 Å². The molecule has 10 nitrogen and oxygen atoms in total. The summed E-state index contributed by atoms with van der Waals surface area (Å²) in [6, 6.07) is 7.62. The molecule has 10 heteroatoms. The number of hydrogen-bond donors (Lipinski definition) is 2. The molecule has 1 fully saturated rings. The molecule has 3 heterocycles. The first kappa shape index (κ1) is 24.1. The summed E-state index contributed by atoms with van der Waals surface area (Å²) >= 11 is 0. The topological polar surface area (TPSA) is 130 Å². The summed E-state index contributed by atoms with van der Waals surface area (Å²) in [5.74, 6) is -0.212. The monoisotopic (exact) mass is 476 g/mol. The lowest BCUT2D eigenvalue weighted by Crippen LogP contribution is -2.46. The highest BCUT2D eigenvalue weighted by atomic mass is 16.5. The number of hydrogen-bond acceptors (Lipinski definition) is 7. The normalized spacial score (nSPS) is 14.3. The predicted molar refractivity (Wildman–Crippen MR) is 128 cm³/mol. The van der Waals surface area contributed by atoms with Crippen LogP contribution in [0.3, 0.4) is 0 Å². The number of anilines is 2. The molecule has 0 aromatic carbocycles. The maximum atomic E-state index is 13.5. The minimum absolute atomic E-state index is 0.0733. The standard InChI is InChI=1S/C25H28N6O4/c1-17-14-21(30-35-17)29-22(32)10-11-23(33)31(20-9-5-13-27-16-20)24(18-6-4-12-26-15-18)25(34)28-19-7-2-3-8-19/h4-6,9,12-16,19,24H,2-3,7-8,10-11H2,1H3,(H,28,34)(H,29,30,32). The Kier molecular flexibility index (Phi) is 7.81. The Morgan fingerprint density at radius 2 is 1.83 bits per heavy atom. The summed E-state index contributed by atoms with van der Waals surface area (Å²) in [7, 11) is 0. The van der Waals surface area contributed by atoms with Gasteiger partial charge in [-0.25, -0.2) is 0 Å². The van der Waals surface area contributed by atoms with Crippen LogP contribution in [-0.4, -0.2) is 38.9 Å². The molecule has 1 atom stereocenters.